The van der Waals surface area contributed by atoms with E-state index < -0.39 is 15.7 Å². The topological polar surface area (TPSA) is 89.0 Å². The Labute approximate surface area is 120 Å². The van der Waals surface area contributed by atoms with Gasteiger partial charge >= 0.3 is 0 Å². The molecule has 0 aliphatic carbocycles. The molecule has 0 fully saturated rings. The van der Waals surface area contributed by atoms with Crippen molar-refractivity contribution in [2.45, 2.75) is 4.90 Å². The smallest absolute Gasteiger partial charge is 0.256 e. The van der Waals surface area contributed by atoms with Crippen molar-refractivity contribution in [2.75, 3.05) is 11.6 Å². The fourth-order valence-electron chi connectivity index (χ4n) is 1.43. The van der Waals surface area contributed by atoms with Crippen molar-refractivity contribution in [3.63, 3.8) is 0 Å². The Hall–Kier alpha value is -1.99. The van der Waals surface area contributed by atoms with Gasteiger partial charge in [0.15, 0.2) is 15.7 Å². The lowest BCUT2D eigenvalue weighted by molar-refractivity contribution is 0.102. The highest BCUT2D eigenvalue weighted by Gasteiger charge is 2.12. The second kappa shape index (κ2) is 5.56. The number of anilines is 1. The number of benzene rings is 1. The van der Waals surface area contributed by atoms with Crippen LogP contribution in [-0.2, 0) is 9.84 Å². The van der Waals surface area contributed by atoms with Crippen LogP contribution in [0.4, 0.5) is 5.82 Å². The Bertz CT molecular complexity index is 745. The standard InChI is InChI=1S/C12H10ClN3O3S/c1-20(18,19)9-4-2-3-8(5-9)12(17)16-11-7-14-10(13)6-15-11/h2-7H,1H3,(H,15,16,17). The Morgan fingerprint density at radius 3 is 2.60 bits per heavy atom. The van der Waals surface area contributed by atoms with Crippen LogP contribution in [0.3, 0.4) is 0 Å². The molecule has 0 aliphatic rings. The average molecular weight is 312 g/mol. The van der Waals surface area contributed by atoms with E-state index >= 15 is 0 Å². The van der Waals surface area contributed by atoms with Crippen LogP contribution >= 0.6 is 11.6 Å². The van der Waals surface area contributed by atoms with Crippen LogP contribution in [0.5, 0.6) is 0 Å². The summed E-state index contributed by atoms with van der Waals surface area (Å²) in [4.78, 5) is 19.7. The Balaban J connectivity index is 2.23. The van der Waals surface area contributed by atoms with E-state index in [4.69, 9.17) is 11.6 Å². The van der Waals surface area contributed by atoms with Gasteiger partial charge in [-0.2, -0.15) is 0 Å². The first-order chi connectivity index (χ1) is 9.36. The summed E-state index contributed by atoms with van der Waals surface area (Å²) in [6, 6.07) is 5.73. The van der Waals surface area contributed by atoms with Gasteiger partial charge in [0.25, 0.3) is 5.91 Å². The number of nitrogens with zero attached hydrogens (tertiary/aromatic N) is 2. The summed E-state index contributed by atoms with van der Waals surface area (Å²) < 4.78 is 22.9. The lowest BCUT2D eigenvalue weighted by Gasteiger charge is -2.05. The van der Waals surface area contributed by atoms with E-state index in [9.17, 15) is 13.2 Å². The average Bonchev–Trinajstić information content (AvgIpc) is 2.40. The van der Waals surface area contributed by atoms with E-state index in [1.165, 1.54) is 36.7 Å². The quantitative estimate of drug-likeness (QED) is 0.933. The zero-order chi connectivity index (χ0) is 14.8. The summed E-state index contributed by atoms with van der Waals surface area (Å²) in [5.74, 6) is -0.253. The van der Waals surface area contributed by atoms with Gasteiger partial charge in [0.05, 0.1) is 17.3 Å². The second-order valence-corrected chi connectivity index (χ2v) is 6.38. The predicted octanol–water partition coefficient (Wildman–Crippen LogP) is 1.79. The lowest BCUT2D eigenvalue weighted by atomic mass is 10.2. The molecule has 8 heteroatoms. The van der Waals surface area contributed by atoms with Crippen molar-refractivity contribution < 1.29 is 13.2 Å². The number of nitrogens with one attached hydrogen (secondary N) is 1. The number of hydrogen-bond acceptors (Lipinski definition) is 5. The van der Waals surface area contributed by atoms with Crippen molar-refractivity contribution in [3.8, 4) is 0 Å². The van der Waals surface area contributed by atoms with E-state index in [0.717, 1.165) is 6.26 Å². The number of rotatable bonds is 3. The van der Waals surface area contributed by atoms with Gasteiger partial charge in [0.2, 0.25) is 0 Å². The molecule has 0 atom stereocenters. The van der Waals surface area contributed by atoms with Crippen LogP contribution in [0.1, 0.15) is 10.4 Å². The van der Waals surface area contributed by atoms with E-state index in [1.807, 2.05) is 0 Å². The van der Waals surface area contributed by atoms with E-state index in [0.29, 0.717) is 0 Å². The van der Waals surface area contributed by atoms with Crippen molar-refractivity contribution in [3.05, 3.63) is 47.4 Å². The molecule has 1 aromatic heterocycles. The molecule has 0 saturated heterocycles. The molecule has 1 aromatic carbocycles. The van der Waals surface area contributed by atoms with Gasteiger partial charge in [-0.1, -0.05) is 17.7 Å². The maximum atomic E-state index is 12.0. The number of sulfone groups is 1. The molecule has 2 aromatic rings. The highest BCUT2D eigenvalue weighted by Crippen LogP contribution is 2.13. The maximum absolute atomic E-state index is 12.0. The molecule has 1 amide bonds. The Morgan fingerprint density at radius 2 is 2.00 bits per heavy atom. The summed E-state index contributed by atoms with van der Waals surface area (Å²) in [5.41, 5.74) is 0.213. The van der Waals surface area contributed by atoms with Crippen LogP contribution in [0.15, 0.2) is 41.6 Å². The summed E-state index contributed by atoms with van der Waals surface area (Å²) in [6.45, 7) is 0. The first-order valence-corrected chi connectivity index (χ1v) is 7.72. The third-order valence-corrected chi connectivity index (χ3v) is 3.69. The first kappa shape index (κ1) is 14.4. The van der Waals surface area contributed by atoms with Crippen LogP contribution in [0.25, 0.3) is 0 Å². The molecule has 0 bridgehead atoms. The fraction of sp³-hybridized carbons (Fsp3) is 0.0833. The number of hydrogen-bond donors (Lipinski definition) is 1. The first-order valence-electron chi connectivity index (χ1n) is 5.45. The predicted molar refractivity (Wildman–Crippen MR) is 74.5 cm³/mol. The molecule has 0 aliphatic heterocycles. The molecule has 1 N–H and O–H groups in total. The van der Waals surface area contributed by atoms with Crippen LogP contribution < -0.4 is 5.32 Å². The lowest BCUT2D eigenvalue weighted by Crippen LogP contribution is -2.13. The molecule has 1 heterocycles. The number of halogens is 1. The van der Waals surface area contributed by atoms with Crippen LogP contribution in [0, 0.1) is 0 Å². The van der Waals surface area contributed by atoms with E-state index in [2.05, 4.69) is 15.3 Å². The molecule has 0 unspecified atom stereocenters. The van der Waals surface area contributed by atoms with Crippen molar-refractivity contribution >= 4 is 33.2 Å². The monoisotopic (exact) mass is 311 g/mol. The largest absolute Gasteiger partial charge is 0.305 e. The zero-order valence-electron chi connectivity index (χ0n) is 10.4. The summed E-state index contributed by atoms with van der Waals surface area (Å²) in [6.07, 6.45) is 3.68. The zero-order valence-corrected chi connectivity index (χ0v) is 11.9. The third-order valence-electron chi connectivity index (χ3n) is 2.39. The van der Waals surface area contributed by atoms with Crippen molar-refractivity contribution in [1.82, 2.24) is 9.97 Å². The molecule has 20 heavy (non-hydrogen) atoms. The minimum Gasteiger partial charge on any atom is -0.305 e. The molecule has 0 saturated carbocycles. The Kier molecular flexibility index (Phi) is 4.01. The van der Waals surface area contributed by atoms with Gasteiger partial charge in [-0.05, 0) is 18.2 Å². The van der Waals surface area contributed by atoms with Crippen LogP contribution in [0.2, 0.25) is 5.15 Å². The van der Waals surface area contributed by atoms with Crippen molar-refractivity contribution in [1.29, 1.82) is 0 Å². The van der Waals surface area contributed by atoms with E-state index in [-0.39, 0.29) is 21.4 Å². The highest BCUT2D eigenvalue weighted by atomic mass is 35.5. The maximum Gasteiger partial charge on any atom is 0.256 e. The van der Waals surface area contributed by atoms with Gasteiger partial charge in [0.1, 0.15) is 5.15 Å². The second-order valence-electron chi connectivity index (χ2n) is 3.98. The van der Waals surface area contributed by atoms with Gasteiger partial charge in [0, 0.05) is 11.8 Å². The van der Waals surface area contributed by atoms with Gasteiger partial charge in [-0.15, -0.1) is 0 Å². The highest BCUT2D eigenvalue weighted by molar-refractivity contribution is 7.90. The van der Waals surface area contributed by atoms with E-state index in [1.54, 1.807) is 0 Å². The molecule has 6 nitrogen and oxygen atoms in total. The molecule has 0 radical (unpaired) electrons. The Morgan fingerprint density at radius 1 is 1.25 bits per heavy atom. The summed E-state index contributed by atoms with van der Waals surface area (Å²) in [5, 5.41) is 2.71. The number of carbonyl (C=O) groups is 1. The molecular formula is C12H10ClN3O3S. The number of carbonyl (C=O) groups excluding carboxylic acids is 1. The minimum absolute atomic E-state index is 0.0762. The third kappa shape index (κ3) is 3.52. The van der Waals surface area contributed by atoms with Gasteiger partial charge in [-0.25, -0.2) is 18.4 Å². The van der Waals surface area contributed by atoms with Gasteiger partial charge < -0.3 is 5.32 Å². The molecular weight excluding hydrogens is 302 g/mol. The van der Waals surface area contributed by atoms with Crippen molar-refractivity contribution in [2.24, 2.45) is 0 Å². The number of aromatic nitrogens is 2. The molecule has 104 valence electrons. The summed E-state index contributed by atoms with van der Waals surface area (Å²) in [7, 11) is -3.36. The normalized spacial score (nSPS) is 11.1. The summed E-state index contributed by atoms with van der Waals surface area (Å²) >= 11 is 5.58. The van der Waals surface area contributed by atoms with Crippen LogP contribution in [-0.4, -0.2) is 30.5 Å². The molecule has 0 spiro atoms. The van der Waals surface area contributed by atoms with Gasteiger partial charge in [-0.3, -0.25) is 4.79 Å². The minimum atomic E-state index is -3.36. The SMILES string of the molecule is CS(=O)(=O)c1cccc(C(=O)Nc2cnc(Cl)cn2)c1. The fourth-order valence-corrected chi connectivity index (χ4v) is 2.20. The number of amides is 1. The molecule has 2 rings (SSSR count).